The molecule has 3 fully saturated rings. The van der Waals surface area contributed by atoms with E-state index in [4.69, 9.17) is 4.74 Å². The van der Waals surface area contributed by atoms with Gasteiger partial charge in [0.25, 0.3) is 0 Å². The van der Waals surface area contributed by atoms with Crippen molar-refractivity contribution in [3.8, 4) is 5.75 Å². The van der Waals surface area contributed by atoms with E-state index in [9.17, 15) is 26.7 Å². The van der Waals surface area contributed by atoms with Gasteiger partial charge in [0, 0.05) is 12.1 Å². The van der Waals surface area contributed by atoms with Crippen LogP contribution in [0.1, 0.15) is 89.5 Å². The number of alkyl halides is 3. The molecule has 0 N–H and O–H groups in total. The summed E-state index contributed by atoms with van der Waals surface area (Å²) in [6.45, 7) is 2.08. The van der Waals surface area contributed by atoms with Gasteiger partial charge in [-0.2, -0.15) is 13.2 Å². The molecule has 0 bridgehead atoms. The highest BCUT2D eigenvalue weighted by Crippen LogP contribution is 2.49. The van der Waals surface area contributed by atoms with E-state index < -0.39 is 41.0 Å². The summed E-state index contributed by atoms with van der Waals surface area (Å²) in [7, 11) is 0. The molecule has 1 aromatic carbocycles. The summed E-state index contributed by atoms with van der Waals surface area (Å²) < 4.78 is 71.0. The summed E-state index contributed by atoms with van der Waals surface area (Å²) in [6, 6.07) is 0.867. The van der Waals surface area contributed by atoms with Gasteiger partial charge in [-0.15, -0.1) is 0 Å². The summed E-state index contributed by atoms with van der Waals surface area (Å²) in [5.74, 6) is -1.25. The van der Waals surface area contributed by atoms with Crippen molar-refractivity contribution in [1.29, 1.82) is 0 Å². The Kier molecular flexibility index (Phi) is 8.77. The Morgan fingerprint density at radius 2 is 1.44 bits per heavy atom. The zero-order chi connectivity index (χ0) is 25.9. The molecule has 4 rings (SSSR count). The molecule has 200 valence electrons. The highest BCUT2D eigenvalue weighted by Gasteiger charge is 2.40. The van der Waals surface area contributed by atoms with Crippen LogP contribution in [-0.4, -0.2) is 5.97 Å². The summed E-state index contributed by atoms with van der Waals surface area (Å²) in [5.41, 5.74) is -1.97. The van der Waals surface area contributed by atoms with Crippen LogP contribution >= 0.6 is 0 Å². The Bertz CT molecular complexity index is 909. The number of allylic oxidation sites excluding steroid dienone is 2. The van der Waals surface area contributed by atoms with Crippen molar-refractivity contribution in [2.24, 2.45) is 35.5 Å². The van der Waals surface area contributed by atoms with Gasteiger partial charge in [-0.25, -0.2) is 8.78 Å². The zero-order valence-corrected chi connectivity index (χ0v) is 21.0. The molecule has 7 heteroatoms. The molecule has 2 nitrogen and oxygen atoms in total. The topological polar surface area (TPSA) is 26.3 Å². The fourth-order valence-corrected chi connectivity index (χ4v) is 7.12. The number of hydrogen-bond donors (Lipinski definition) is 0. The SMILES string of the molecule is C/C=C/CCC1CCC2CC(C3CCC(C(=O)Oc4cc(F)c(C(F)(F)F)c(F)c4)CC3)CCC2C1. The number of carbonyl (C=O) groups is 1. The van der Waals surface area contributed by atoms with Crippen LogP contribution in [0.5, 0.6) is 5.75 Å². The van der Waals surface area contributed by atoms with E-state index >= 15 is 0 Å². The molecule has 3 aliphatic carbocycles. The van der Waals surface area contributed by atoms with Gasteiger partial charge in [0.15, 0.2) is 0 Å². The van der Waals surface area contributed by atoms with E-state index in [0.29, 0.717) is 36.8 Å². The summed E-state index contributed by atoms with van der Waals surface area (Å²) in [6.07, 6.45) is 12.8. The van der Waals surface area contributed by atoms with Crippen LogP contribution in [0.15, 0.2) is 24.3 Å². The van der Waals surface area contributed by atoms with Crippen LogP contribution in [-0.2, 0) is 11.0 Å². The molecule has 1 aromatic rings. The van der Waals surface area contributed by atoms with E-state index in [1.807, 2.05) is 0 Å². The molecule has 0 amide bonds. The lowest BCUT2D eigenvalue weighted by Gasteiger charge is -2.45. The molecular formula is C29H37F5O2. The monoisotopic (exact) mass is 512 g/mol. The second kappa shape index (κ2) is 11.6. The minimum Gasteiger partial charge on any atom is -0.426 e. The minimum atomic E-state index is -5.15. The first kappa shape index (κ1) is 27.1. The Labute approximate surface area is 210 Å². The zero-order valence-electron chi connectivity index (χ0n) is 21.0. The molecule has 0 spiro atoms. The highest BCUT2D eigenvalue weighted by atomic mass is 19.4. The van der Waals surface area contributed by atoms with E-state index in [0.717, 1.165) is 30.6 Å². The maximum absolute atomic E-state index is 13.8. The van der Waals surface area contributed by atoms with Crippen molar-refractivity contribution < 1.29 is 31.5 Å². The number of carbonyl (C=O) groups excluding carboxylic acids is 1. The predicted molar refractivity (Wildman–Crippen MR) is 128 cm³/mol. The standard InChI is InChI=1S/C29H37F5O2/c1-2-3-4-5-18-6-7-23-15-22(13-12-21(23)14-18)19-8-10-20(11-9-19)28(35)36-24-16-25(30)27(26(31)17-24)29(32,33)34/h2-3,16-23H,4-15H2,1H3/b3-2+. The number of esters is 1. The van der Waals surface area contributed by atoms with E-state index in [1.165, 1.54) is 51.4 Å². The molecule has 4 atom stereocenters. The molecule has 3 saturated carbocycles. The molecule has 0 saturated heterocycles. The lowest BCUT2D eigenvalue weighted by atomic mass is 9.60. The average molecular weight is 513 g/mol. The maximum atomic E-state index is 13.8. The number of rotatable bonds is 6. The molecule has 0 heterocycles. The first-order chi connectivity index (χ1) is 17.2. The second-order valence-corrected chi connectivity index (χ2v) is 11.2. The van der Waals surface area contributed by atoms with Gasteiger partial charge >= 0.3 is 12.1 Å². The Balaban J connectivity index is 1.24. The van der Waals surface area contributed by atoms with Crippen molar-refractivity contribution >= 4 is 5.97 Å². The number of fused-ring (bicyclic) bond motifs is 1. The van der Waals surface area contributed by atoms with Crippen LogP contribution in [0.3, 0.4) is 0 Å². The Morgan fingerprint density at radius 1 is 0.889 bits per heavy atom. The van der Waals surface area contributed by atoms with Crippen LogP contribution in [0.2, 0.25) is 0 Å². The first-order valence-corrected chi connectivity index (χ1v) is 13.5. The van der Waals surface area contributed by atoms with Crippen molar-refractivity contribution in [3.63, 3.8) is 0 Å². The van der Waals surface area contributed by atoms with Gasteiger partial charge in [0.2, 0.25) is 0 Å². The summed E-state index contributed by atoms with van der Waals surface area (Å²) >= 11 is 0. The van der Waals surface area contributed by atoms with Crippen LogP contribution in [0, 0.1) is 47.1 Å². The molecule has 4 unspecified atom stereocenters. The predicted octanol–water partition coefficient (Wildman–Crippen LogP) is 8.88. The molecule has 0 radical (unpaired) electrons. The molecule has 36 heavy (non-hydrogen) atoms. The molecular weight excluding hydrogens is 475 g/mol. The van der Waals surface area contributed by atoms with Gasteiger partial charge in [-0.05, 0) is 107 Å². The van der Waals surface area contributed by atoms with Gasteiger partial charge in [-0.3, -0.25) is 4.79 Å². The highest BCUT2D eigenvalue weighted by molar-refractivity contribution is 5.75. The number of halogens is 5. The summed E-state index contributed by atoms with van der Waals surface area (Å²) in [5, 5.41) is 0. The van der Waals surface area contributed by atoms with Crippen LogP contribution in [0.25, 0.3) is 0 Å². The van der Waals surface area contributed by atoms with E-state index in [-0.39, 0.29) is 0 Å². The lowest BCUT2D eigenvalue weighted by Crippen LogP contribution is -2.35. The number of hydrogen-bond acceptors (Lipinski definition) is 2. The maximum Gasteiger partial charge on any atom is 0.422 e. The van der Waals surface area contributed by atoms with Crippen molar-refractivity contribution in [3.05, 3.63) is 41.5 Å². The largest absolute Gasteiger partial charge is 0.426 e. The number of benzene rings is 1. The Morgan fingerprint density at radius 3 is 2.06 bits per heavy atom. The quantitative estimate of drug-likeness (QED) is 0.165. The fourth-order valence-electron chi connectivity index (χ4n) is 7.12. The lowest BCUT2D eigenvalue weighted by molar-refractivity contribution is -0.142. The second-order valence-electron chi connectivity index (χ2n) is 11.2. The fraction of sp³-hybridized carbons (Fsp3) is 0.690. The van der Waals surface area contributed by atoms with Gasteiger partial charge in [-0.1, -0.05) is 18.6 Å². The van der Waals surface area contributed by atoms with E-state index in [2.05, 4.69) is 19.1 Å². The third kappa shape index (κ3) is 6.49. The molecule has 0 aliphatic heterocycles. The normalized spacial score (nSPS) is 31.3. The van der Waals surface area contributed by atoms with Crippen LogP contribution < -0.4 is 4.74 Å². The van der Waals surface area contributed by atoms with Crippen molar-refractivity contribution in [1.82, 2.24) is 0 Å². The van der Waals surface area contributed by atoms with Crippen molar-refractivity contribution in [2.75, 3.05) is 0 Å². The van der Waals surface area contributed by atoms with Crippen LogP contribution in [0.4, 0.5) is 22.0 Å². The van der Waals surface area contributed by atoms with Crippen molar-refractivity contribution in [2.45, 2.75) is 90.1 Å². The third-order valence-electron chi connectivity index (χ3n) is 9.03. The third-order valence-corrected chi connectivity index (χ3v) is 9.03. The molecule has 0 aromatic heterocycles. The van der Waals surface area contributed by atoms with E-state index in [1.54, 1.807) is 0 Å². The van der Waals surface area contributed by atoms with Gasteiger partial charge in [0.1, 0.15) is 22.9 Å². The Hall–Kier alpha value is -1.92. The molecule has 3 aliphatic rings. The van der Waals surface area contributed by atoms with Gasteiger partial charge < -0.3 is 4.74 Å². The van der Waals surface area contributed by atoms with Gasteiger partial charge in [0.05, 0.1) is 5.92 Å². The number of ether oxygens (including phenoxy) is 1. The summed E-state index contributed by atoms with van der Waals surface area (Å²) in [4.78, 5) is 12.6. The minimum absolute atomic E-state index is 0.390. The smallest absolute Gasteiger partial charge is 0.422 e. The average Bonchev–Trinajstić information content (AvgIpc) is 2.82. The first-order valence-electron chi connectivity index (χ1n) is 13.5.